The molecule has 1 aromatic rings. The van der Waals surface area contributed by atoms with Crippen LogP contribution >= 0.6 is 11.3 Å². The van der Waals surface area contributed by atoms with Gasteiger partial charge in [-0.3, -0.25) is 9.59 Å². The first-order valence-corrected chi connectivity index (χ1v) is 12.0. The number of likely N-dealkylation sites (N-methyl/N-ethyl adjacent to an activating group) is 1. The summed E-state index contributed by atoms with van der Waals surface area (Å²) in [6.07, 6.45) is 11.2. The van der Waals surface area contributed by atoms with Crippen LogP contribution in [-0.2, 0) is 4.79 Å². The first kappa shape index (κ1) is 19.3. The molecule has 0 spiro atoms. The molecule has 0 bridgehead atoms. The highest BCUT2D eigenvalue weighted by molar-refractivity contribution is 7.12. The fourth-order valence-corrected chi connectivity index (χ4v) is 8.86. The van der Waals surface area contributed by atoms with Gasteiger partial charge in [0.1, 0.15) is 0 Å². The smallest absolute Gasteiger partial charge is 0.259 e. The minimum atomic E-state index is -0.274. The molecule has 2 heterocycles. The van der Waals surface area contributed by atoms with E-state index in [2.05, 4.69) is 26.0 Å². The number of amides is 2. The molecule has 3 saturated carbocycles. The Morgan fingerprint density at radius 2 is 1.97 bits per heavy atom. The molecule has 0 saturated heterocycles. The number of carbonyl (C=O) groups is 2. The molecular weight excluding hydrogens is 380 g/mol. The molecule has 0 radical (unpaired) electrons. The van der Waals surface area contributed by atoms with Crippen molar-refractivity contribution in [2.24, 2.45) is 34.3 Å². The number of rotatable bonds is 2. The average molecular weight is 413 g/mol. The van der Waals surface area contributed by atoms with Crippen LogP contribution in [0, 0.1) is 28.6 Å². The van der Waals surface area contributed by atoms with Crippen LogP contribution < -0.4 is 5.73 Å². The van der Waals surface area contributed by atoms with Crippen molar-refractivity contribution in [3.8, 4) is 0 Å². The standard InChI is InChI=1S/C24H32N2O2S/c1-23-11-8-18-14(4-7-19-24(18,2)12-9-20(27)26(19)3)16(23)5-6-17(23)15-10-13-29-21(15)22(25)28/h9-10,12-14,16-19H,4-8,11H2,1-3H3,(H2,25,28)/t14-,16-,17?,18+,19?,23-,24+/m0/s1. The summed E-state index contributed by atoms with van der Waals surface area (Å²) in [6.45, 7) is 4.88. The van der Waals surface area contributed by atoms with E-state index in [1.54, 1.807) is 0 Å². The predicted octanol–water partition coefficient (Wildman–Crippen LogP) is 4.57. The highest BCUT2D eigenvalue weighted by Crippen LogP contribution is 2.67. The zero-order valence-corrected chi connectivity index (χ0v) is 18.5. The van der Waals surface area contributed by atoms with Crippen LogP contribution in [0.2, 0.25) is 0 Å². The lowest BCUT2D eigenvalue weighted by Gasteiger charge is -2.60. The summed E-state index contributed by atoms with van der Waals surface area (Å²) in [5.41, 5.74) is 7.23. The minimum Gasteiger partial charge on any atom is -0.365 e. The Balaban J connectivity index is 1.48. The third-order valence-electron chi connectivity index (χ3n) is 9.42. The molecular formula is C24H32N2O2S. The molecule has 3 aliphatic carbocycles. The third-order valence-corrected chi connectivity index (χ3v) is 10.4. The molecule has 156 valence electrons. The molecule has 2 amide bonds. The lowest BCUT2D eigenvalue weighted by Crippen LogP contribution is -2.59. The summed E-state index contributed by atoms with van der Waals surface area (Å²) < 4.78 is 0. The van der Waals surface area contributed by atoms with Gasteiger partial charge in [-0.2, -0.15) is 0 Å². The van der Waals surface area contributed by atoms with Crippen molar-refractivity contribution in [1.82, 2.24) is 4.90 Å². The van der Waals surface area contributed by atoms with Gasteiger partial charge >= 0.3 is 0 Å². The Labute approximate surface area is 177 Å². The van der Waals surface area contributed by atoms with Crippen LogP contribution in [0.4, 0.5) is 0 Å². The van der Waals surface area contributed by atoms with Crippen molar-refractivity contribution in [3.63, 3.8) is 0 Å². The van der Waals surface area contributed by atoms with E-state index in [0.717, 1.165) is 17.7 Å². The van der Waals surface area contributed by atoms with E-state index in [0.29, 0.717) is 29.7 Å². The molecule has 1 aromatic heterocycles. The number of primary amides is 1. The number of nitrogens with zero attached hydrogens (tertiary/aromatic N) is 1. The summed E-state index contributed by atoms with van der Waals surface area (Å²) >= 11 is 1.50. The molecule has 29 heavy (non-hydrogen) atoms. The van der Waals surface area contributed by atoms with Gasteiger partial charge in [-0.1, -0.05) is 19.9 Å². The number of nitrogens with two attached hydrogens (primary N) is 1. The van der Waals surface area contributed by atoms with Crippen LogP contribution in [0.15, 0.2) is 23.6 Å². The Hall–Kier alpha value is -1.62. The second kappa shape index (κ2) is 6.44. The molecule has 2 unspecified atom stereocenters. The van der Waals surface area contributed by atoms with Crippen LogP contribution in [0.5, 0.6) is 0 Å². The van der Waals surface area contributed by atoms with Crippen molar-refractivity contribution in [2.75, 3.05) is 7.05 Å². The van der Waals surface area contributed by atoms with Gasteiger partial charge in [-0.05, 0) is 90.7 Å². The maximum absolute atomic E-state index is 12.2. The van der Waals surface area contributed by atoms with E-state index >= 15 is 0 Å². The Morgan fingerprint density at radius 1 is 1.17 bits per heavy atom. The second-order valence-corrected chi connectivity index (χ2v) is 11.3. The van der Waals surface area contributed by atoms with E-state index in [1.165, 1.54) is 42.6 Å². The van der Waals surface area contributed by atoms with Gasteiger partial charge < -0.3 is 10.6 Å². The SMILES string of the molecule is CN1C(=O)C=C[C@@]2(C)C1CC[C@@H]1[C@H]2CC[C@]2(C)C(c3ccsc3C(N)=O)CC[C@@H]12. The topological polar surface area (TPSA) is 63.4 Å². The van der Waals surface area contributed by atoms with E-state index in [1.807, 2.05) is 23.4 Å². The largest absolute Gasteiger partial charge is 0.365 e. The highest BCUT2D eigenvalue weighted by Gasteiger charge is 2.60. The molecule has 1 aliphatic heterocycles. The average Bonchev–Trinajstić information content (AvgIpc) is 3.29. The van der Waals surface area contributed by atoms with E-state index in [4.69, 9.17) is 5.73 Å². The highest BCUT2D eigenvalue weighted by atomic mass is 32.1. The van der Waals surface area contributed by atoms with E-state index in [-0.39, 0.29) is 22.6 Å². The third kappa shape index (κ3) is 2.55. The lowest BCUT2D eigenvalue weighted by atomic mass is 9.47. The fourth-order valence-electron chi connectivity index (χ4n) is 8.04. The molecule has 3 fully saturated rings. The Morgan fingerprint density at radius 3 is 2.72 bits per heavy atom. The Kier molecular flexibility index (Phi) is 4.29. The van der Waals surface area contributed by atoms with Gasteiger partial charge in [-0.15, -0.1) is 11.3 Å². The molecule has 0 aromatic carbocycles. The van der Waals surface area contributed by atoms with Crippen LogP contribution in [0.1, 0.15) is 73.5 Å². The number of thiophene rings is 1. The van der Waals surface area contributed by atoms with E-state index in [9.17, 15) is 9.59 Å². The molecule has 4 nitrogen and oxygen atoms in total. The van der Waals surface area contributed by atoms with Crippen molar-refractivity contribution < 1.29 is 9.59 Å². The summed E-state index contributed by atoms with van der Waals surface area (Å²) in [7, 11) is 1.98. The van der Waals surface area contributed by atoms with Gasteiger partial charge in [0.05, 0.1) is 4.88 Å². The normalized spacial score (nSPS) is 43.6. The minimum absolute atomic E-state index is 0.0890. The molecule has 4 aliphatic rings. The van der Waals surface area contributed by atoms with Crippen LogP contribution in [0.3, 0.4) is 0 Å². The van der Waals surface area contributed by atoms with Gasteiger partial charge in [0.25, 0.3) is 5.91 Å². The van der Waals surface area contributed by atoms with Crippen LogP contribution in [-0.4, -0.2) is 29.8 Å². The molecule has 7 atom stereocenters. The van der Waals surface area contributed by atoms with Crippen molar-refractivity contribution in [3.05, 3.63) is 34.0 Å². The zero-order chi connectivity index (χ0) is 20.6. The molecule has 5 heteroatoms. The van der Waals surface area contributed by atoms with E-state index < -0.39 is 0 Å². The number of fused-ring (bicyclic) bond motifs is 5. The quantitative estimate of drug-likeness (QED) is 0.773. The van der Waals surface area contributed by atoms with Gasteiger partial charge in [0.2, 0.25) is 5.91 Å². The monoisotopic (exact) mass is 412 g/mol. The Bertz CT molecular complexity index is 891. The first-order chi connectivity index (χ1) is 13.8. The van der Waals surface area contributed by atoms with Gasteiger partial charge in [0.15, 0.2) is 0 Å². The maximum atomic E-state index is 12.2. The number of carbonyl (C=O) groups excluding carboxylic acids is 2. The maximum Gasteiger partial charge on any atom is 0.259 e. The lowest BCUT2D eigenvalue weighted by molar-refractivity contribution is -0.138. The van der Waals surface area contributed by atoms with Gasteiger partial charge in [-0.25, -0.2) is 0 Å². The molecule has 2 N–H and O–H groups in total. The summed E-state index contributed by atoms with van der Waals surface area (Å²) in [4.78, 5) is 27.0. The number of hydrogen-bond donors (Lipinski definition) is 1. The van der Waals surface area contributed by atoms with Crippen molar-refractivity contribution >= 4 is 23.2 Å². The molecule has 5 rings (SSSR count). The predicted molar refractivity (Wildman–Crippen MR) is 116 cm³/mol. The number of hydrogen-bond acceptors (Lipinski definition) is 3. The second-order valence-electron chi connectivity index (χ2n) is 10.4. The summed E-state index contributed by atoms with van der Waals surface area (Å²) in [5, 5.41) is 2.03. The summed E-state index contributed by atoms with van der Waals surface area (Å²) in [5.74, 6) is 2.37. The summed E-state index contributed by atoms with van der Waals surface area (Å²) in [6, 6.07) is 2.48. The van der Waals surface area contributed by atoms with Crippen LogP contribution in [0.25, 0.3) is 0 Å². The first-order valence-electron chi connectivity index (χ1n) is 11.1. The van der Waals surface area contributed by atoms with Crippen molar-refractivity contribution in [2.45, 2.75) is 64.3 Å². The fraction of sp³-hybridized carbons (Fsp3) is 0.667. The van der Waals surface area contributed by atoms with Crippen molar-refractivity contribution in [1.29, 1.82) is 0 Å². The zero-order valence-electron chi connectivity index (χ0n) is 17.7. The van der Waals surface area contributed by atoms with Gasteiger partial charge in [0, 0.05) is 18.5 Å².